The number of hydrogen-bond donors (Lipinski definition) is 1. The van der Waals surface area contributed by atoms with Crippen molar-refractivity contribution < 1.29 is 4.39 Å². The van der Waals surface area contributed by atoms with Crippen LogP contribution < -0.4 is 5.73 Å². The SMILES string of the molecule is NC1(c2ccccc2F)Cc2ccccc2C1. The standard InChI is InChI=1S/C15H14FN/c16-14-8-4-3-7-13(14)15(17)9-11-5-1-2-6-12(11)10-15/h1-8H,9-10,17H2. The van der Waals surface area contributed by atoms with Crippen molar-refractivity contribution in [3.63, 3.8) is 0 Å². The second-order valence-electron chi connectivity index (χ2n) is 4.76. The van der Waals surface area contributed by atoms with E-state index in [1.807, 2.05) is 18.2 Å². The first-order valence-electron chi connectivity index (χ1n) is 5.80. The van der Waals surface area contributed by atoms with Crippen LogP contribution in [-0.2, 0) is 18.4 Å². The van der Waals surface area contributed by atoms with Gasteiger partial charge in [-0.15, -0.1) is 0 Å². The van der Waals surface area contributed by atoms with E-state index in [2.05, 4.69) is 12.1 Å². The average Bonchev–Trinajstić information content (AvgIpc) is 2.66. The van der Waals surface area contributed by atoms with Crippen LogP contribution in [0.4, 0.5) is 4.39 Å². The number of nitrogens with two attached hydrogens (primary N) is 1. The zero-order valence-electron chi connectivity index (χ0n) is 9.49. The Balaban J connectivity index is 2.05. The van der Waals surface area contributed by atoms with Crippen LogP contribution >= 0.6 is 0 Å². The van der Waals surface area contributed by atoms with E-state index in [-0.39, 0.29) is 5.82 Å². The van der Waals surface area contributed by atoms with Crippen LogP contribution in [0.15, 0.2) is 48.5 Å². The highest BCUT2D eigenvalue weighted by Crippen LogP contribution is 2.36. The molecule has 2 aromatic carbocycles. The summed E-state index contributed by atoms with van der Waals surface area (Å²) in [5, 5.41) is 0. The minimum atomic E-state index is -0.588. The highest BCUT2D eigenvalue weighted by molar-refractivity contribution is 5.41. The topological polar surface area (TPSA) is 26.0 Å². The Morgan fingerprint density at radius 1 is 0.882 bits per heavy atom. The normalized spacial score (nSPS) is 16.8. The summed E-state index contributed by atoms with van der Waals surface area (Å²) in [5.41, 5.74) is 8.89. The molecule has 2 aromatic rings. The van der Waals surface area contributed by atoms with E-state index < -0.39 is 5.54 Å². The molecule has 17 heavy (non-hydrogen) atoms. The zero-order chi connectivity index (χ0) is 11.9. The Bertz CT molecular complexity index is 537. The average molecular weight is 227 g/mol. The number of fused-ring (bicyclic) bond motifs is 1. The second-order valence-corrected chi connectivity index (χ2v) is 4.76. The third-order valence-corrected chi connectivity index (χ3v) is 3.54. The number of hydrogen-bond acceptors (Lipinski definition) is 1. The molecule has 0 spiro atoms. The summed E-state index contributed by atoms with van der Waals surface area (Å²) in [5.74, 6) is -0.206. The molecule has 0 unspecified atom stereocenters. The molecule has 1 nitrogen and oxygen atoms in total. The molecule has 2 N–H and O–H groups in total. The quantitative estimate of drug-likeness (QED) is 0.796. The van der Waals surface area contributed by atoms with Crippen LogP contribution in [-0.4, -0.2) is 0 Å². The maximum absolute atomic E-state index is 13.8. The van der Waals surface area contributed by atoms with E-state index in [0.717, 1.165) is 0 Å². The molecule has 86 valence electrons. The van der Waals surface area contributed by atoms with E-state index in [0.29, 0.717) is 18.4 Å². The first kappa shape index (κ1) is 10.5. The Morgan fingerprint density at radius 3 is 2.00 bits per heavy atom. The van der Waals surface area contributed by atoms with Gasteiger partial charge >= 0.3 is 0 Å². The van der Waals surface area contributed by atoms with Gasteiger partial charge in [0.15, 0.2) is 0 Å². The molecule has 1 aliphatic carbocycles. The summed E-state index contributed by atoms with van der Waals surface area (Å²) in [6, 6.07) is 15.0. The van der Waals surface area contributed by atoms with Gasteiger partial charge in [-0.05, 0) is 30.0 Å². The van der Waals surface area contributed by atoms with Gasteiger partial charge in [0.2, 0.25) is 0 Å². The third kappa shape index (κ3) is 1.65. The number of rotatable bonds is 1. The van der Waals surface area contributed by atoms with Crippen LogP contribution in [0.3, 0.4) is 0 Å². The van der Waals surface area contributed by atoms with Gasteiger partial charge in [0, 0.05) is 5.56 Å². The smallest absolute Gasteiger partial charge is 0.128 e. The zero-order valence-corrected chi connectivity index (χ0v) is 9.49. The largest absolute Gasteiger partial charge is 0.321 e. The molecule has 0 amide bonds. The van der Waals surface area contributed by atoms with E-state index >= 15 is 0 Å². The molecular formula is C15H14FN. The van der Waals surface area contributed by atoms with Crippen LogP contribution in [0.2, 0.25) is 0 Å². The van der Waals surface area contributed by atoms with E-state index in [4.69, 9.17) is 5.73 Å². The van der Waals surface area contributed by atoms with Gasteiger partial charge in [-0.3, -0.25) is 0 Å². The number of halogens is 1. The Labute approximate surface area is 100 Å². The summed E-state index contributed by atoms with van der Waals surface area (Å²) < 4.78 is 13.8. The molecule has 2 heteroatoms. The highest BCUT2D eigenvalue weighted by Gasteiger charge is 2.36. The minimum Gasteiger partial charge on any atom is -0.321 e. The van der Waals surface area contributed by atoms with Gasteiger partial charge in [0.1, 0.15) is 5.82 Å². The van der Waals surface area contributed by atoms with Gasteiger partial charge in [0.05, 0.1) is 5.54 Å². The lowest BCUT2D eigenvalue weighted by Gasteiger charge is -2.24. The maximum atomic E-state index is 13.8. The molecule has 3 rings (SSSR count). The molecular weight excluding hydrogens is 213 g/mol. The molecule has 1 aliphatic rings. The lowest BCUT2D eigenvalue weighted by atomic mass is 9.87. The van der Waals surface area contributed by atoms with Gasteiger partial charge in [-0.25, -0.2) is 4.39 Å². The molecule has 0 aliphatic heterocycles. The molecule has 0 saturated heterocycles. The van der Waals surface area contributed by atoms with Gasteiger partial charge in [-0.2, -0.15) is 0 Å². The maximum Gasteiger partial charge on any atom is 0.128 e. The van der Waals surface area contributed by atoms with Crippen molar-refractivity contribution in [3.8, 4) is 0 Å². The lowest BCUT2D eigenvalue weighted by Crippen LogP contribution is -2.38. The molecule has 0 saturated carbocycles. The fraction of sp³-hybridized carbons (Fsp3) is 0.200. The van der Waals surface area contributed by atoms with Crippen LogP contribution in [0.5, 0.6) is 0 Å². The van der Waals surface area contributed by atoms with Crippen molar-refractivity contribution in [2.24, 2.45) is 5.73 Å². The van der Waals surface area contributed by atoms with Crippen molar-refractivity contribution >= 4 is 0 Å². The summed E-state index contributed by atoms with van der Waals surface area (Å²) in [4.78, 5) is 0. The summed E-state index contributed by atoms with van der Waals surface area (Å²) in [7, 11) is 0. The molecule has 0 heterocycles. The first-order valence-corrected chi connectivity index (χ1v) is 5.80. The molecule has 0 atom stereocenters. The van der Waals surface area contributed by atoms with Crippen molar-refractivity contribution in [3.05, 3.63) is 71.0 Å². The molecule has 0 fully saturated rings. The number of benzene rings is 2. The van der Waals surface area contributed by atoms with E-state index in [1.165, 1.54) is 17.2 Å². The Morgan fingerprint density at radius 2 is 1.41 bits per heavy atom. The van der Waals surface area contributed by atoms with Crippen molar-refractivity contribution in [2.45, 2.75) is 18.4 Å². The summed E-state index contributed by atoms with van der Waals surface area (Å²) in [6.07, 6.45) is 1.42. The molecule has 0 aromatic heterocycles. The van der Waals surface area contributed by atoms with Gasteiger partial charge in [-0.1, -0.05) is 42.5 Å². The second kappa shape index (κ2) is 3.67. The van der Waals surface area contributed by atoms with Crippen LogP contribution in [0, 0.1) is 5.82 Å². The lowest BCUT2D eigenvalue weighted by molar-refractivity contribution is 0.442. The van der Waals surface area contributed by atoms with Crippen LogP contribution in [0.25, 0.3) is 0 Å². The third-order valence-electron chi connectivity index (χ3n) is 3.54. The van der Waals surface area contributed by atoms with E-state index in [9.17, 15) is 4.39 Å². The first-order chi connectivity index (χ1) is 8.19. The van der Waals surface area contributed by atoms with Crippen molar-refractivity contribution in [1.82, 2.24) is 0 Å². The minimum absolute atomic E-state index is 0.206. The fourth-order valence-corrected chi connectivity index (χ4v) is 2.70. The van der Waals surface area contributed by atoms with Crippen molar-refractivity contribution in [2.75, 3.05) is 0 Å². The fourth-order valence-electron chi connectivity index (χ4n) is 2.70. The monoisotopic (exact) mass is 227 g/mol. The van der Waals surface area contributed by atoms with Crippen LogP contribution in [0.1, 0.15) is 16.7 Å². The van der Waals surface area contributed by atoms with Crippen molar-refractivity contribution in [1.29, 1.82) is 0 Å². The van der Waals surface area contributed by atoms with Gasteiger partial charge < -0.3 is 5.73 Å². The molecule has 0 radical (unpaired) electrons. The van der Waals surface area contributed by atoms with Gasteiger partial charge in [0.25, 0.3) is 0 Å². The summed E-state index contributed by atoms with van der Waals surface area (Å²) >= 11 is 0. The molecule has 0 bridgehead atoms. The predicted octanol–water partition coefficient (Wildman–Crippen LogP) is 2.78. The predicted molar refractivity (Wildman–Crippen MR) is 66.1 cm³/mol. The Hall–Kier alpha value is -1.67. The Kier molecular flexibility index (Phi) is 2.26. The van der Waals surface area contributed by atoms with E-state index in [1.54, 1.807) is 12.1 Å². The summed E-state index contributed by atoms with van der Waals surface area (Å²) in [6.45, 7) is 0. The highest BCUT2D eigenvalue weighted by atomic mass is 19.1.